The molecule has 2 rings (SSSR count). The number of hydrogen-bond acceptors (Lipinski definition) is 4. The molecule has 1 aromatic heterocycles. The lowest BCUT2D eigenvalue weighted by atomic mass is 9.97. The van der Waals surface area contributed by atoms with Crippen LogP contribution in [0.5, 0.6) is 0 Å². The monoisotopic (exact) mass is 234 g/mol. The van der Waals surface area contributed by atoms with E-state index >= 15 is 0 Å². The molecule has 17 heavy (non-hydrogen) atoms. The lowest BCUT2D eigenvalue weighted by Gasteiger charge is -2.33. The second-order valence-electron chi connectivity index (χ2n) is 4.43. The van der Waals surface area contributed by atoms with E-state index in [9.17, 15) is 4.79 Å². The van der Waals surface area contributed by atoms with Gasteiger partial charge in [-0.3, -0.25) is 9.78 Å². The van der Waals surface area contributed by atoms with Gasteiger partial charge in [-0.2, -0.15) is 0 Å². The number of nitrogens with two attached hydrogens (primary N) is 2. The van der Waals surface area contributed by atoms with Gasteiger partial charge in [-0.25, -0.2) is 0 Å². The van der Waals surface area contributed by atoms with Gasteiger partial charge in [0.2, 0.25) is 0 Å². The van der Waals surface area contributed by atoms with Gasteiger partial charge in [-0.15, -0.1) is 0 Å². The molecule has 1 aliphatic rings. The fourth-order valence-electron chi connectivity index (χ4n) is 2.18. The molecule has 1 amide bonds. The molecule has 0 atom stereocenters. The van der Waals surface area contributed by atoms with E-state index in [1.165, 1.54) is 0 Å². The van der Waals surface area contributed by atoms with E-state index in [2.05, 4.69) is 9.88 Å². The Kier molecular flexibility index (Phi) is 3.58. The first-order valence-corrected chi connectivity index (χ1v) is 5.91. The number of amides is 1. The Morgan fingerprint density at radius 1 is 1.47 bits per heavy atom. The fraction of sp³-hybridized carbons (Fsp3) is 0.500. The third-order valence-corrected chi connectivity index (χ3v) is 3.31. The Hall–Kier alpha value is -1.62. The topological polar surface area (TPSA) is 85.2 Å². The van der Waals surface area contributed by atoms with Gasteiger partial charge in [0.15, 0.2) is 0 Å². The molecule has 0 spiro atoms. The molecule has 92 valence electrons. The molecule has 4 N–H and O–H groups in total. The number of carbonyl (C=O) groups excluding carboxylic acids is 1. The predicted molar refractivity (Wildman–Crippen MR) is 66.7 cm³/mol. The third-order valence-electron chi connectivity index (χ3n) is 3.31. The third kappa shape index (κ3) is 2.74. The van der Waals surface area contributed by atoms with E-state index in [1.807, 2.05) is 6.07 Å². The van der Waals surface area contributed by atoms with Gasteiger partial charge in [0.05, 0.1) is 0 Å². The number of aromatic nitrogens is 1. The Morgan fingerprint density at radius 2 is 2.18 bits per heavy atom. The quantitative estimate of drug-likeness (QED) is 0.790. The van der Waals surface area contributed by atoms with Crippen molar-refractivity contribution in [2.45, 2.75) is 12.8 Å². The number of nitrogens with zero attached hydrogens (tertiary/aromatic N) is 2. The van der Waals surface area contributed by atoms with Crippen LogP contribution >= 0.6 is 0 Å². The van der Waals surface area contributed by atoms with E-state index in [0.29, 0.717) is 11.6 Å². The highest BCUT2D eigenvalue weighted by molar-refractivity contribution is 5.91. The van der Waals surface area contributed by atoms with Crippen LogP contribution in [-0.2, 0) is 0 Å². The first-order chi connectivity index (χ1) is 8.20. The second-order valence-corrected chi connectivity index (χ2v) is 4.43. The van der Waals surface area contributed by atoms with Crippen LogP contribution in [-0.4, -0.2) is 30.5 Å². The van der Waals surface area contributed by atoms with Crippen molar-refractivity contribution < 1.29 is 4.79 Å². The Labute approximate surface area is 101 Å². The molecule has 5 heteroatoms. The summed E-state index contributed by atoms with van der Waals surface area (Å²) in [6.45, 7) is 2.71. The molecule has 0 unspecified atom stereocenters. The lowest BCUT2D eigenvalue weighted by molar-refractivity contribution is 0.0995. The van der Waals surface area contributed by atoms with Crippen LogP contribution in [0.2, 0.25) is 0 Å². The highest BCUT2D eigenvalue weighted by Crippen LogP contribution is 2.22. The van der Waals surface area contributed by atoms with Crippen LogP contribution in [0.1, 0.15) is 23.3 Å². The smallest absolute Gasteiger partial charge is 0.267 e. The summed E-state index contributed by atoms with van der Waals surface area (Å²) in [7, 11) is 0. The van der Waals surface area contributed by atoms with Crippen molar-refractivity contribution in [2.75, 3.05) is 24.5 Å². The van der Waals surface area contributed by atoms with Gasteiger partial charge in [-0.05, 0) is 37.4 Å². The molecule has 0 radical (unpaired) electrons. The van der Waals surface area contributed by atoms with Crippen molar-refractivity contribution in [2.24, 2.45) is 17.4 Å². The molecular weight excluding hydrogens is 216 g/mol. The molecule has 1 fully saturated rings. The van der Waals surface area contributed by atoms with Gasteiger partial charge >= 0.3 is 0 Å². The van der Waals surface area contributed by atoms with Gasteiger partial charge in [-0.1, -0.05) is 0 Å². The molecule has 2 heterocycles. The van der Waals surface area contributed by atoms with Gasteiger partial charge in [0, 0.05) is 25.0 Å². The Bertz CT molecular complexity index is 399. The normalized spacial score (nSPS) is 17.1. The number of pyridine rings is 1. The summed E-state index contributed by atoms with van der Waals surface area (Å²) < 4.78 is 0. The first-order valence-electron chi connectivity index (χ1n) is 5.91. The van der Waals surface area contributed by atoms with Crippen molar-refractivity contribution >= 4 is 11.6 Å². The molecule has 1 aliphatic heterocycles. The summed E-state index contributed by atoms with van der Waals surface area (Å²) in [6, 6.07) is 3.67. The van der Waals surface area contributed by atoms with Crippen molar-refractivity contribution in [1.82, 2.24) is 4.98 Å². The van der Waals surface area contributed by atoms with Crippen LogP contribution in [0.4, 0.5) is 5.69 Å². The maximum atomic E-state index is 11.1. The van der Waals surface area contributed by atoms with Crippen molar-refractivity contribution in [1.29, 1.82) is 0 Å². The average molecular weight is 234 g/mol. The van der Waals surface area contributed by atoms with E-state index in [1.54, 1.807) is 12.3 Å². The zero-order valence-corrected chi connectivity index (χ0v) is 9.80. The summed E-state index contributed by atoms with van der Waals surface area (Å²) in [5, 5.41) is 0. The highest BCUT2D eigenvalue weighted by Gasteiger charge is 2.18. The number of primary amides is 1. The number of anilines is 1. The lowest BCUT2D eigenvalue weighted by Crippen LogP contribution is -2.36. The number of rotatable bonds is 3. The molecular formula is C12H18N4O. The molecule has 1 saturated heterocycles. The predicted octanol–water partition coefficient (Wildman–Crippen LogP) is 0.356. The summed E-state index contributed by atoms with van der Waals surface area (Å²) >= 11 is 0. The van der Waals surface area contributed by atoms with Crippen LogP contribution in [0.15, 0.2) is 18.3 Å². The van der Waals surface area contributed by atoms with Gasteiger partial charge in [0.1, 0.15) is 5.69 Å². The highest BCUT2D eigenvalue weighted by atomic mass is 16.1. The fourth-order valence-corrected chi connectivity index (χ4v) is 2.18. The van der Waals surface area contributed by atoms with Crippen LogP contribution < -0.4 is 16.4 Å². The molecule has 1 aromatic rings. The SMILES string of the molecule is NCC1CCN(c2ccnc(C(N)=O)c2)CC1. The maximum Gasteiger partial charge on any atom is 0.267 e. The average Bonchev–Trinajstić information content (AvgIpc) is 2.39. The van der Waals surface area contributed by atoms with E-state index in [0.717, 1.165) is 38.2 Å². The van der Waals surface area contributed by atoms with Crippen molar-refractivity contribution in [3.05, 3.63) is 24.0 Å². The molecule has 0 aromatic carbocycles. The summed E-state index contributed by atoms with van der Waals surface area (Å²) in [5.41, 5.74) is 12.2. The number of hydrogen-bond donors (Lipinski definition) is 2. The van der Waals surface area contributed by atoms with E-state index in [-0.39, 0.29) is 0 Å². The van der Waals surface area contributed by atoms with Crippen LogP contribution in [0, 0.1) is 5.92 Å². The van der Waals surface area contributed by atoms with Crippen molar-refractivity contribution in [3.8, 4) is 0 Å². The molecule has 0 aliphatic carbocycles. The minimum Gasteiger partial charge on any atom is -0.371 e. The Morgan fingerprint density at radius 3 is 2.76 bits per heavy atom. The Balaban J connectivity index is 2.08. The molecule has 0 saturated carbocycles. The summed E-state index contributed by atoms with van der Waals surface area (Å²) in [5.74, 6) is 0.146. The van der Waals surface area contributed by atoms with Crippen molar-refractivity contribution in [3.63, 3.8) is 0 Å². The minimum absolute atomic E-state index is 0.323. The van der Waals surface area contributed by atoms with Crippen LogP contribution in [0.3, 0.4) is 0 Å². The van der Waals surface area contributed by atoms with Gasteiger partial charge < -0.3 is 16.4 Å². The minimum atomic E-state index is -0.483. The zero-order chi connectivity index (χ0) is 12.3. The van der Waals surface area contributed by atoms with E-state index < -0.39 is 5.91 Å². The van der Waals surface area contributed by atoms with Crippen LogP contribution in [0.25, 0.3) is 0 Å². The standard InChI is InChI=1S/C12H18N4O/c13-8-9-2-5-16(6-3-9)10-1-4-15-11(7-10)12(14)17/h1,4,7,9H,2-3,5-6,8,13H2,(H2,14,17). The second kappa shape index (κ2) is 5.14. The first kappa shape index (κ1) is 11.9. The summed E-state index contributed by atoms with van der Waals surface area (Å²) in [6.07, 6.45) is 3.83. The molecule has 0 bridgehead atoms. The summed E-state index contributed by atoms with van der Waals surface area (Å²) in [4.78, 5) is 17.3. The maximum absolute atomic E-state index is 11.1. The largest absolute Gasteiger partial charge is 0.371 e. The number of piperidine rings is 1. The van der Waals surface area contributed by atoms with E-state index in [4.69, 9.17) is 11.5 Å². The van der Waals surface area contributed by atoms with Gasteiger partial charge in [0.25, 0.3) is 5.91 Å². The molecule has 5 nitrogen and oxygen atoms in total. The number of carbonyl (C=O) groups is 1. The zero-order valence-electron chi connectivity index (χ0n) is 9.80.